The van der Waals surface area contributed by atoms with Gasteiger partial charge in [-0.25, -0.2) is 0 Å². The first kappa shape index (κ1) is 35.7. The maximum absolute atomic E-state index is 14.0. The Balaban J connectivity index is 1.43. The Morgan fingerprint density at radius 3 is 1.14 bits per heavy atom. The number of rotatable bonds is 12. The lowest BCUT2D eigenvalue weighted by molar-refractivity contribution is 0.0533. The molecule has 1 heterocycles. The van der Waals surface area contributed by atoms with Crippen molar-refractivity contribution in [1.82, 2.24) is 9.80 Å². The van der Waals surface area contributed by atoms with Gasteiger partial charge in [-0.05, 0) is 52.0 Å². The third kappa shape index (κ3) is 6.92. The number of amides is 2. The van der Waals surface area contributed by atoms with Crippen molar-refractivity contribution in [3.8, 4) is 11.5 Å². The number of anilines is 2. The van der Waals surface area contributed by atoms with E-state index in [2.05, 4.69) is 0 Å². The molecule has 50 heavy (non-hydrogen) atoms. The van der Waals surface area contributed by atoms with E-state index in [9.17, 15) is 29.4 Å². The number of piperazine rings is 1. The zero-order chi connectivity index (χ0) is 35.9. The fourth-order valence-corrected chi connectivity index (χ4v) is 6.54. The van der Waals surface area contributed by atoms with Gasteiger partial charge in [-0.15, -0.1) is 0 Å². The summed E-state index contributed by atoms with van der Waals surface area (Å²) < 4.78 is 0. The molecule has 4 aromatic carbocycles. The summed E-state index contributed by atoms with van der Waals surface area (Å²) in [6.45, 7) is 10.8. The highest BCUT2D eigenvalue weighted by Crippen LogP contribution is 2.37. The Bertz CT molecular complexity index is 1730. The minimum Gasteiger partial charge on any atom is -0.505 e. The molecule has 0 unspecified atom stereocenters. The standard InChI is InChI=1S/C40H44N4O6/c1-5-41(6-2)31-21-19-29(33(37(31)47)35(45)27-15-11-9-12-16-27)39(49)43-23-25-44(26-24-43)40(50)30-20-22-32(42(7-3)8-4)38(48)34(30)36(46)28-17-13-10-14-18-28/h9-22,47-48H,5-8,23-26H2,1-4H3. The number of phenols is 2. The number of hydrogen-bond acceptors (Lipinski definition) is 8. The third-order valence-corrected chi connectivity index (χ3v) is 9.36. The van der Waals surface area contributed by atoms with Crippen molar-refractivity contribution in [2.75, 3.05) is 62.2 Å². The molecular weight excluding hydrogens is 632 g/mol. The molecule has 1 aliphatic rings. The molecule has 0 radical (unpaired) electrons. The van der Waals surface area contributed by atoms with Crippen molar-refractivity contribution < 1.29 is 29.4 Å². The molecule has 4 aromatic rings. The second-order valence-electron chi connectivity index (χ2n) is 12.0. The number of hydrogen-bond donors (Lipinski definition) is 2. The minimum atomic E-state index is -0.460. The molecule has 1 fully saturated rings. The molecular formula is C40H44N4O6. The van der Waals surface area contributed by atoms with Gasteiger partial charge < -0.3 is 29.8 Å². The number of carbonyl (C=O) groups is 4. The molecule has 2 N–H and O–H groups in total. The van der Waals surface area contributed by atoms with Crippen LogP contribution < -0.4 is 9.80 Å². The van der Waals surface area contributed by atoms with E-state index < -0.39 is 23.4 Å². The van der Waals surface area contributed by atoms with Crippen LogP contribution in [-0.4, -0.2) is 95.8 Å². The molecule has 10 heteroatoms. The quantitative estimate of drug-likeness (QED) is 0.179. The van der Waals surface area contributed by atoms with Gasteiger partial charge >= 0.3 is 0 Å². The Labute approximate surface area is 293 Å². The number of benzene rings is 4. The third-order valence-electron chi connectivity index (χ3n) is 9.36. The van der Waals surface area contributed by atoms with E-state index in [1.165, 1.54) is 0 Å². The van der Waals surface area contributed by atoms with Gasteiger partial charge in [0.1, 0.15) is 0 Å². The fraction of sp³-hybridized carbons (Fsp3) is 0.300. The zero-order valence-corrected chi connectivity index (χ0v) is 29.1. The lowest BCUT2D eigenvalue weighted by Crippen LogP contribution is -2.51. The second-order valence-corrected chi connectivity index (χ2v) is 12.0. The fourth-order valence-electron chi connectivity index (χ4n) is 6.54. The second kappa shape index (κ2) is 15.7. The number of phenolic OH excluding ortho intramolecular Hbond substituents is 2. The molecule has 0 spiro atoms. The summed E-state index contributed by atoms with van der Waals surface area (Å²) in [5.41, 5.74) is 1.68. The van der Waals surface area contributed by atoms with Gasteiger partial charge in [-0.1, -0.05) is 60.7 Å². The topological polar surface area (TPSA) is 122 Å². The highest BCUT2D eigenvalue weighted by Gasteiger charge is 2.33. The van der Waals surface area contributed by atoms with Gasteiger partial charge in [0.2, 0.25) is 0 Å². The van der Waals surface area contributed by atoms with Gasteiger partial charge in [0.15, 0.2) is 23.1 Å². The van der Waals surface area contributed by atoms with Crippen molar-refractivity contribution in [3.63, 3.8) is 0 Å². The predicted molar refractivity (Wildman–Crippen MR) is 195 cm³/mol. The molecule has 5 rings (SSSR count). The maximum atomic E-state index is 14.0. The Morgan fingerprint density at radius 1 is 0.520 bits per heavy atom. The first-order valence-corrected chi connectivity index (χ1v) is 17.2. The predicted octanol–water partition coefficient (Wildman–Crippen LogP) is 5.85. The summed E-state index contributed by atoms with van der Waals surface area (Å²) in [5, 5.41) is 22.9. The smallest absolute Gasteiger partial charge is 0.254 e. The molecule has 0 aromatic heterocycles. The van der Waals surface area contributed by atoms with Crippen LogP contribution in [0.1, 0.15) is 80.3 Å². The van der Waals surface area contributed by atoms with E-state index >= 15 is 0 Å². The Morgan fingerprint density at radius 2 is 0.840 bits per heavy atom. The largest absolute Gasteiger partial charge is 0.505 e. The lowest BCUT2D eigenvalue weighted by Gasteiger charge is -2.35. The van der Waals surface area contributed by atoms with Crippen LogP contribution in [0.15, 0.2) is 84.9 Å². The average Bonchev–Trinajstić information content (AvgIpc) is 3.16. The van der Waals surface area contributed by atoms with Crippen LogP contribution in [0.5, 0.6) is 11.5 Å². The first-order chi connectivity index (χ1) is 24.2. The van der Waals surface area contributed by atoms with Gasteiger partial charge in [0, 0.05) is 63.5 Å². The van der Waals surface area contributed by atoms with Crippen molar-refractivity contribution in [1.29, 1.82) is 0 Å². The molecule has 0 bridgehead atoms. The molecule has 10 nitrogen and oxygen atoms in total. The monoisotopic (exact) mass is 676 g/mol. The van der Waals surface area contributed by atoms with Crippen LogP contribution in [-0.2, 0) is 0 Å². The summed E-state index contributed by atoms with van der Waals surface area (Å²) >= 11 is 0. The summed E-state index contributed by atoms with van der Waals surface area (Å²) in [4.78, 5) is 62.6. The van der Waals surface area contributed by atoms with Crippen molar-refractivity contribution in [2.45, 2.75) is 27.7 Å². The van der Waals surface area contributed by atoms with E-state index in [-0.39, 0.29) is 59.9 Å². The summed E-state index contributed by atoms with van der Waals surface area (Å²) in [5.74, 6) is -2.27. The molecule has 0 aliphatic carbocycles. The van der Waals surface area contributed by atoms with Crippen LogP contribution in [0.3, 0.4) is 0 Å². The maximum Gasteiger partial charge on any atom is 0.254 e. The van der Waals surface area contributed by atoms with Gasteiger partial charge in [-0.2, -0.15) is 0 Å². The summed E-state index contributed by atoms with van der Waals surface area (Å²) in [7, 11) is 0. The van der Waals surface area contributed by atoms with Gasteiger partial charge in [-0.3, -0.25) is 19.2 Å². The van der Waals surface area contributed by atoms with Crippen molar-refractivity contribution >= 4 is 34.8 Å². The number of nitrogens with zero attached hydrogens (tertiary/aromatic N) is 4. The summed E-state index contributed by atoms with van der Waals surface area (Å²) in [6, 6.07) is 23.6. The first-order valence-electron chi connectivity index (χ1n) is 17.2. The van der Waals surface area contributed by atoms with Crippen LogP contribution in [0.25, 0.3) is 0 Å². The zero-order valence-electron chi connectivity index (χ0n) is 29.1. The van der Waals surface area contributed by atoms with E-state index in [4.69, 9.17) is 0 Å². The average molecular weight is 677 g/mol. The van der Waals surface area contributed by atoms with Crippen molar-refractivity contribution in [2.24, 2.45) is 0 Å². The normalized spacial score (nSPS) is 12.8. The van der Waals surface area contributed by atoms with Crippen LogP contribution in [0, 0.1) is 0 Å². The van der Waals surface area contributed by atoms with Crippen molar-refractivity contribution in [3.05, 3.63) is 118 Å². The molecule has 1 aliphatic heterocycles. The van der Waals surface area contributed by atoms with Crippen LogP contribution in [0.2, 0.25) is 0 Å². The van der Waals surface area contributed by atoms with E-state index in [1.807, 2.05) is 37.5 Å². The lowest BCUT2D eigenvalue weighted by atomic mass is 9.94. The number of carbonyl (C=O) groups excluding carboxylic acids is 4. The summed E-state index contributed by atoms with van der Waals surface area (Å²) in [6.07, 6.45) is 0. The minimum absolute atomic E-state index is 0.0584. The van der Waals surface area contributed by atoms with E-state index in [0.29, 0.717) is 48.7 Å². The highest BCUT2D eigenvalue weighted by molar-refractivity contribution is 6.19. The molecule has 1 saturated heterocycles. The van der Waals surface area contributed by atoms with E-state index in [1.54, 1.807) is 94.7 Å². The number of aromatic hydroxyl groups is 2. The molecule has 2 amide bonds. The Kier molecular flexibility index (Phi) is 11.2. The van der Waals surface area contributed by atoms with Crippen LogP contribution >= 0.6 is 0 Å². The van der Waals surface area contributed by atoms with E-state index in [0.717, 1.165) is 0 Å². The molecule has 0 atom stereocenters. The van der Waals surface area contributed by atoms with Gasteiger partial charge in [0.25, 0.3) is 11.8 Å². The van der Waals surface area contributed by atoms with Gasteiger partial charge in [0.05, 0.1) is 33.6 Å². The molecule has 260 valence electrons. The Hall–Kier alpha value is -5.64. The number of ketones is 2. The SMILES string of the molecule is CCN(CC)c1ccc(C(=O)N2CCN(C(=O)c3ccc(N(CC)CC)c(O)c3C(=O)c3ccccc3)CC2)c(C(=O)c2ccccc2)c1O. The van der Waals surface area contributed by atoms with Crippen LogP contribution in [0.4, 0.5) is 11.4 Å². The highest BCUT2D eigenvalue weighted by atomic mass is 16.3. The molecule has 0 saturated carbocycles.